The molecule has 6 heteroatoms. The Morgan fingerprint density at radius 3 is 2.40 bits per heavy atom. The first kappa shape index (κ1) is 17.2. The highest BCUT2D eigenvalue weighted by Crippen LogP contribution is 2.26. The van der Waals surface area contributed by atoms with Crippen LogP contribution in [0.5, 0.6) is 0 Å². The van der Waals surface area contributed by atoms with E-state index in [1.807, 2.05) is 67.6 Å². The van der Waals surface area contributed by atoms with E-state index < -0.39 is 0 Å². The average Bonchev–Trinajstić information content (AvgIpc) is 3.11. The van der Waals surface area contributed by atoms with Crippen molar-refractivity contribution in [3.8, 4) is 11.5 Å². The number of benzene rings is 2. The van der Waals surface area contributed by atoms with Crippen LogP contribution in [0.25, 0.3) is 11.5 Å². The average molecular weight is 353 g/mol. The van der Waals surface area contributed by atoms with Gasteiger partial charge in [0.05, 0.1) is 5.25 Å². The van der Waals surface area contributed by atoms with Gasteiger partial charge in [0.1, 0.15) is 0 Å². The molecule has 0 fully saturated rings. The molecule has 1 amide bonds. The van der Waals surface area contributed by atoms with Crippen molar-refractivity contribution < 1.29 is 9.21 Å². The van der Waals surface area contributed by atoms with Crippen molar-refractivity contribution in [1.82, 2.24) is 15.1 Å². The number of aromatic nitrogens is 2. The van der Waals surface area contributed by atoms with Crippen LogP contribution in [-0.4, -0.2) is 33.3 Å². The Balaban J connectivity index is 1.61. The van der Waals surface area contributed by atoms with E-state index in [2.05, 4.69) is 10.2 Å². The SMILES string of the molecule is CC(Sc1nnc(-c2ccccc2)o1)C(=O)N(C)Cc1ccccc1. The number of rotatable bonds is 6. The molecule has 0 aliphatic rings. The van der Waals surface area contributed by atoms with Gasteiger partial charge in [-0.2, -0.15) is 0 Å². The Morgan fingerprint density at radius 1 is 1.08 bits per heavy atom. The van der Waals surface area contributed by atoms with Crippen LogP contribution in [0, 0.1) is 0 Å². The zero-order chi connectivity index (χ0) is 17.6. The molecule has 1 aromatic heterocycles. The van der Waals surface area contributed by atoms with E-state index in [-0.39, 0.29) is 11.2 Å². The molecule has 0 radical (unpaired) electrons. The molecule has 25 heavy (non-hydrogen) atoms. The van der Waals surface area contributed by atoms with Gasteiger partial charge in [0.25, 0.3) is 5.22 Å². The van der Waals surface area contributed by atoms with Crippen LogP contribution in [0.1, 0.15) is 12.5 Å². The largest absolute Gasteiger partial charge is 0.411 e. The fourth-order valence-corrected chi connectivity index (χ4v) is 3.20. The summed E-state index contributed by atoms with van der Waals surface area (Å²) in [5, 5.41) is 8.17. The van der Waals surface area contributed by atoms with Crippen molar-refractivity contribution in [2.24, 2.45) is 0 Å². The minimum absolute atomic E-state index is 0.0216. The maximum atomic E-state index is 12.5. The summed E-state index contributed by atoms with van der Waals surface area (Å²) in [6.45, 7) is 2.42. The number of thioether (sulfide) groups is 1. The van der Waals surface area contributed by atoms with Gasteiger partial charge in [-0.1, -0.05) is 60.3 Å². The Hall–Kier alpha value is -2.60. The minimum atomic E-state index is -0.308. The first-order chi connectivity index (χ1) is 12.1. The van der Waals surface area contributed by atoms with E-state index in [4.69, 9.17) is 4.42 Å². The number of nitrogens with zero attached hydrogens (tertiary/aromatic N) is 3. The molecule has 1 heterocycles. The minimum Gasteiger partial charge on any atom is -0.411 e. The van der Waals surface area contributed by atoms with Crippen molar-refractivity contribution in [3.63, 3.8) is 0 Å². The van der Waals surface area contributed by atoms with Gasteiger partial charge < -0.3 is 9.32 Å². The van der Waals surface area contributed by atoms with Crippen LogP contribution in [0.15, 0.2) is 70.3 Å². The second-order valence-corrected chi connectivity index (χ2v) is 6.97. The van der Waals surface area contributed by atoms with Gasteiger partial charge in [-0.05, 0) is 24.6 Å². The molecular weight excluding hydrogens is 334 g/mol. The summed E-state index contributed by atoms with van der Waals surface area (Å²) >= 11 is 1.27. The molecule has 128 valence electrons. The summed E-state index contributed by atoms with van der Waals surface area (Å²) in [6.07, 6.45) is 0. The highest BCUT2D eigenvalue weighted by atomic mass is 32.2. The number of carbonyl (C=O) groups excluding carboxylic acids is 1. The molecule has 0 aliphatic heterocycles. The van der Waals surface area contributed by atoms with Crippen LogP contribution < -0.4 is 0 Å². The van der Waals surface area contributed by atoms with Crippen LogP contribution in [0.3, 0.4) is 0 Å². The van der Waals surface area contributed by atoms with Gasteiger partial charge in [0.15, 0.2) is 0 Å². The summed E-state index contributed by atoms with van der Waals surface area (Å²) in [6, 6.07) is 19.5. The van der Waals surface area contributed by atoms with E-state index in [1.54, 1.807) is 11.9 Å². The highest BCUT2D eigenvalue weighted by Gasteiger charge is 2.21. The van der Waals surface area contributed by atoms with Gasteiger partial charge in [0, 0.05) is 19.2 Å². The molecule has 5 nitrogen and oxygen atoms in total. The zero-order valence-corrected chi connectivity index (χ0v) is 14.9. The number of hydrogen-bond acceptors (Lipinski definition) is 5. The van der Waals surface area contributed by atoms with Gasteiger partial charge in [-0.3, -0.25) is 4.79 Å². The number of hydrogen-bond donors (Lipinski definition) is 0. The molecule has 0 bridgehead atoms. The molecule has 0 aliphatic carbocycles. The summed E-state index contributed by atoms with van der Waals surface area (Å²) in [5.74, 6) is 0.480. The Kier molecular flexibility index (Phi) is 5.50. The van der Waals surface area contributed by atoms with Crippen LogP contribution in [-0.2, 0) is 11.3 Å². The van der Waals surface area contributed by atoms with Crippen molar-refractivity contribution >= 4 is 17.7 Å². The molecule has 3 aromatic rings. The fraction of sp³-hybridized carbons (Fsp3) is 0.211. The third-order valence-corrected chi connectivity index (χ3v) is 4.61. The van der Waals surface area contributed by atoms with Gasteiger partial charge in [0.2, 0.25) is 11.8 Å². The van der Waals surface area contributed by atoms with Crippen molar-refractivity contribution in [1.29, 1.82) is 0 Å². The normalized spacial score (nSPS) is 11.9. The standard InChI is InChI=1S/C19H19N3O2S/c1-14(18(23)22(2)13-15-9-5-3-6-10-15)25-19-21-20-17(24-19)16-11-7-4-8-12-16/h3-12,14H,13H2,1-2H3. The van der Waals surface area contributed by atoms with E-state index in [0.717, 1.165) is 11.1 Å². The monoisotopic (exact) mass is 353 g/mol. The van der Waals surface area contributed by atoms with Crippen molar-refractivity contribution in [2.45, 2.75) is 23.9 Å². The number of amides is 1. The van der Waals surface area contributed by atoms with Gasteiger partial charge in [-0.15, -0.1) is 10.2 Å². The molecule has 0 saturated heterocycles. The molecule has 2 aromatic carbocycles. The lowest BCUT2D eigenvalue weighted by atomic mass is 10.2. The maximum absolute atomic E-state index is 12.5. The van der Waals surface area contributed by atoms with Crippen LogP contribution in [0.2, 0.25) is 0 Å². The molecule has 1 unspecified atom stereocenters. The fourth-order valence-electron chi connectivity index (χ4n) is 2.40. The molecule has 0 N–H and O–H groups in total. The molecule has 0 saturated carbocycles. The predicted molar refractivity (Wildman–Crippen MR) is 98.0 cm³/mol. The summed E-state index contributed by atoms with van der Waals surface area (Å²) < 4.78 is 5.66. The smallest absolute Gasteiger partial charge is 0.277 e. The van der Waals surface area contributed by atoms with Gasteiger partial charge >= 0.3 is 0 Å². The highest BCUT2D eigenvalue weighted by molar-refractivity contribution is 8.00. The zero-order valence-electron chi connectivity index (χ0n) is 14.1. The molecular formula is C19H19N3O2S. The van der Waals surface area contributed by atoms with Crippen molar-refractivity contribution in [2.75, 3.05) is 7.05 Å². The van der Waals surface area contributed by atoms with E-state index in [9.17, 15) is 4.79 Å². The molecule has 3 rings (SSSR count). The second kappa shape index (κ2) is 7.98. The first-order valence-electron chi connectivity index (χ1n) is 7.98. The topological polar surface area (TPSA) is 59.2 Å². The van der Waals surface area contributed by atoms with Gasteiger partial charge in [-0.25, -0.2) is 0 Å². The summed E-state index contributed by atoms with van der Waals surface area (Å²) in [4.78, 5) is 14.3. The van der Waals surface area contributed by atoms with E-state index in [1.165, 1.54) is 11.8 Å². The maximum Gasteiger partial charge on any atom is 0.277 e. The predicted octanol–water partition coefficient (Wildman–Crippen LogP) is 3.88. The van der Waals surface area contributed by atoms with Crippen LogP contribution in [0.4, 0.5) is 0 Å². The molecule has 1 atom stereocenters. The quantitative estimate of drug-likeness (QED) is 0.630. The summed E-state index contributed by atoms with van der Waals surface area (Å²) in [7, 11) is 1.80. The van der Waals surface area contributed by atoms with E-state index >= 15 is 0 Å². The lowest BCUT2D eigenvalue weighted by molar-refractivity contribution is -0.129. The Morgan fingerprint density at radius 2 is 1.72 bits per heavy atom. The first-order valence-corrected chi connectivity index (χ1v) is 8.86. The Labute approximate surface area is 151 Å². The Bertz CT molecular complexity index is 821. The van der Waals surface area contributed by atoms with Crippen molar-refractivity contribution in [3.05, 3.63) is 66.2 Å². The second-order valence-electron chi connectivity index (χ2n) is 5.68. The summed E-state index contributed by atoms with van der Waals surface area (Å²) in [5.41, 5.74) is 1.96. The third kappa shape index (κ3) is 4.48. The number of carbonyl (C=O) groups is 1. The lowest BCUT2D eigenvalue weighted by Crippen LogP contribution is -2.32. The lowest BCUT2D eigenvalue weighted by Gasteiger charge is -2.20. The third-order valence-electron chi connectivity index (χ3n) is 3.69. The van der Waals surface area contributed by atoms with E-state index in [0.29, 0.717) is 17.7 Å². The van der Waals surface area contributed by atoms with Crippen LogP contribution >= 0.6 is 11.8 Å². The molecule has 0 spiro atoms.